The topological polar surface area (TPSA) is 86.0 Å². The molecule has 2 aromatic carbocycles. The molecule has 3 aromatic rings. The van der Waals surface area contributed by atoms with Gasteiger partial charge in [-0.2, -0.15) is 0 Å². The zero-order chi connectivity index (χ0) is 20.4. The molecule has 0 aliphatic carbocycles. The van der Waals surface area contributed by atoms with Crippen molar-refractivity contribution in [2.45, 2.75) is 0 Å². The van der Waals surface area contributed by atoms with Crippen molar-refractivity contribution < 1.29 is 28.6 Å². The Morgan fingerprint density at radius 2 is 1.66 bits per heavy atom. The number of methoxy groups -OCH3 is 1. The molecule has 0 fully saturated rings. The summed E-state index contributed by atoms with van der Waals surface area (Å²) in [5, 5.41) is 8.98. The van der Waals surface area contributed by atoms with E-state index < -0.39 is 11.9 Å². The van der Waals surface area contributed by atoms with Gasteiger partial charge in [0.1, 0.15) is 23.0 Å². The zero-order valence-corrected chi connectivity index (χ0v) is 15.4. The minimum atomic E-state index is -0.986. The Kier molecular flexibility index (Phi) is 4.75. The normalized spacial score (nSPS) is 14.6. The molecule has 6 nitrogen and oxygen atoms in total. The second-order valence-corrected chi connectivity index (χ2v) is 6.31. The summed E-state index contributed by atoms with van der Waals surface area (Å²) in [5.74, 6) is 0.787. The van der Waals surface area contributed by atoms with Crippen LogP contribution in [0.1, 0.15) is 21.7 Å². The predicted octanol–water partition coefficient (Wildman–Crippen LogP) is 4.63. The fraction of sp³-hybridized carbons (Fsp3) is 0.0435. The molecule has 0 atom stereocenters. The number of benzene rings is 2. The maximum atomic E-state index is 12.2. The summed E-state index contributed by atoms with van der Waals surface area (Å²) in [7, 11) is 1.59. The second kappa shape index (κ2) is 7.52. The van der Waals surface area contributed by atoms with Gasteiger partial charge in [-0.1, -0.05) is 12.1 Å². The maximum Gasteiger partial charge on any atom is 0.343 e. The summed E-state index contributed by atoms with van der Waals surface area (Å²) in [6.45, 7) is 0. The monoisotopic (exact) mass is 388 g/mol. The number of carbonyl (C=O) groups is 2. The van der Waals surface area contributed by atoms with Crippen LogP contribution in [-0.4, -0.2) is 24.2 Å². The minimum absolute atomic E-state index is 0.201. The number of ether oxygens (including phenoxy) is 2. The smallest absolute Gasteiger partial charge is 0.343 e. The number of carbonyl (C=O) groups excluding carboxylic acids is 1. The van der Waals surface area contributed by atoms with E-state index in [9.17, 15) is 9.59 Å². The molecule has 1 aliphatic heterocycles. The molecule has 0 amide bonds. The van der Waals surface area contributed by atoms with Gasteiger partial charge in [-0.3, -0.25) is 0 Å². The standard InChI is InChI=1S/C23H16O6/c1-27-18-8-6-15(7-9-18)21-13-17(23(26)29-21)12-19-10-11-20(28-19)14-2-4-16(5-3-14)22(24)25/h2-13H,1H3,(H,24,25)/b17-12+. The highest BCUT2D eigenvalue weighted by Gasteiger charge is 2.22. The molecule has 0 spiro atoms. The van der Waals surface area contributed by atoms with Gasteiger partial charge >= 0.3 is 11.9 Å². The van der Waals surface area contributed by atoms with E-state index in [-0.39, 0.29) is 5.56 Å². The van der Waals surface area contributed by atoms with Gasteiger partial charge in [0, 0.05) is 11.1 Å². The summed E-state index contributed by atoms with van der Waals surface area (Å²) >= 11 is 0. The van der Waals surface area contributed by atoms with Crippen LogP contribution in [0.3, 0.4) is 0 Å². The van der Waals surface area contributed by atoms with Crippen LogP contribution in [0.4, 0.5) is 0 Å². The van der Waals surface area contributed by atoms with E-state index in [4.69, 9.17) is 19.0 Å². The third-order valence-corrected chi connectivity index (χ3v) is 4.44. The average Bonchev–Trinajstić information content (AvgIpc) is 3.35. The highest BCUT2D eigenvalue weighted by Crippen LogP contribution is 2.30. The van der Waals surface area contributed by atoms with E-state index in [0.717, 1.165) is 11.1 Å². The number of furan rings is 1. The number of carboxylic acids is 1. The van der Waals surface area contributed by atoms with Gasteiger partial charge in [0.25, 0.3) is 0 Å². The summed E-state index contributed by atoms with van der Waals surface area (Å²) in [6.07, 6.45) is 3.27. The Morgan fingerprint density at radius 1 is 0.966 bits per heavy atom. The van der Waals surface area contributed by atoms with Crippen LogP contribution in [0, 0.1) is 0 Å². The first kappa shape index (κ1) is 18.3. The van der Waals surface area contributed by atoms with Crippen molar-refractivity contribution in [2.75, 3.05) is 7.11 Å². The number of carboxylic acid groups (broad SMARTS) is 1. The lowest BCUT2D eigenvalue weighted by atomic mass is 10.1. The SMILES string of the molecule is COc1ccc(C2=C/C(=C\c3ccc(-c4ccc(C(=O)O)cc4)o3)C(=O)O2)cc1. The molecule has 1 aromatic heterocycles. The number of cyclic esters (lactones) is 1. The van der Waals surface area contributed by atoms with E-state index in [2.05, 4.69) is 0 Å². The number of aromatic carboxylic acids is 1. The van der Waals surface area contributed by atoms with Gasteiger partial charge < -0.3 is 19.0 Å². The van der Waals surface area contributed by atoms with Gasteiger partial charge in [0.2, 0.25) is 0 Å². The van der Waals surface area contributed by atoms with E-state index in [1.807, 2.05) is 12.1 Å². The molecule has 0 bridgehead atoms. The average molecular weight is 388 g/mol. The Balaban J connectivity index is 1.56. The fourth-order valence-corrected chi connectivity index (χ4v) is 2.90. The number of hydrogen-bond acceptors (Lipinski definition) is 5. The van der Waals surface area contributed by atoms with Crippen molar-refractivity contribution in [1.29, 1.82) is 0 Å². The molecule has 0 saturated carbocycles. The second-order valence-electron chi connectivity index (χ2n) is 6.31. The molecule has 1 aliphatic rings. The zero-order valence-electron chi connectivity index (χ0n) is 15.4. The van der Waals surface area contributed by atoms with Crippen molar-refractivity contribution in [3.05, 3.63) is 89.2 Å². The van der Waals surface area contributed by atoms with Crippen molar-refractivity contribution in [2.24, 2.45) is 0 Å². The third kappa shape index (κ3) is 3.82. The minimum Gasteiger partial charge on any atom is -0.497 e. The molecule has 4 rings (SSSR count). The van der Waals surface area contributed by atoms with Crippen LogP contribution in [-0.2, 0) is 9.53 Å². The number of esters is 1. The molecular formula is C23H16O6. The fourth-order valence-electron chi connectivity index (χ4n) is 2.90. The van der Waals surface area contributed by atoms with Crippen LogP contribution < -0.4 is 4.74 Å². The number of hydrogen-bond donors (Lipinski definition) is 1. The third-order valence-electron chi connectivity index (χ3n) is 4.44. The van der Waals surface area contributed by atoms with Crippen LogP contribution >= 0.6 is 0 Å². The molecular weight excluding hydrogens is 372 g/mol. The lowest BCUT2D eigenvalue weighted by Gasteiger charge is -2.03. The van der Waals surface area contributed by atoms with Gasteiger partial charge in [-0.25, -0.2) is 9.59 Å². The number of rotatable bonds is 5. The largest absolute Gasteiger partial charge is 0.497 e. The van der Waals surface area contributed by atoms with E-state index in [1.165, 1.54) is 12.1 Å². The van der Waals surface area contributed by atoms with Gasteiger partial charge in [-0.05, 0) is 60.7 Å². The molecule has 144 valence electrons. The van der Waals surface area contributed by atoms with Crippen molar-refractivity contribution >= 4 is 23.8 Å². The summed E-state index contributed by atoms with van der Waals surface area (Å²) in [4.78, 5) is 23.2. The predicted molar refractivity (Wildman–Crippen MR) is 106 cm³/mol. The van der Waals surface area contributed by atoms with E-state index >= 15 is 0 Å². The molecule has 0 radical (unpaired) electrons. The molecule has 6 heteroatoms. The Morgan fingerprint density at radius 3 is 2.31 bits per heavy atom. The molecule has 0 saturated heterocycles. The van der Waals surface area contributed by atoms with Crippen molar-refractivity contribution in [3.63, 3.8) is 0 Å². The Bertz CT molecular complexity index is 1130. The Labute approximate surface area is 166 Å². The first-order chi connectivity index (χ1) is 14.0. The van der Waals surface area contributed by atoms with Crippen molar-refractivity contribution in [1.82, 2.24) is 0 Å². The van der Waals surface area contributed by atoms with Gasteiger partial charge in [-0.15, -0.1) is 0 Å². The molecule has 0 unspecified atom stereocenters. The summed E-state index contributed by atoms with van der Waals surface area (Å²) < 4.78 is 16.3. The maximum absolute atomic E-state index is 12.2. The van der Waals surface area contributed by atoms with Crippen LogP contribution in [0.2, 0.25) is 0 Å². The Hall–Kier alpha value is -4.06. The highest BCUT2D eigenvalue weighted by atomic mass is 16.5. The summed E-state index contributed by atoms with van der Waals surface area (Å²) in [5.41, 5.74) is 2.08. The van der Waals surface area contributed by atoms with Crippen LogP contribution in [0.15, 0.2) is 76.7 Å². The van der Waals surface area contributed by atoms with Crippen LogP contribution in [0.5, 0.6) is 5.75 Å². The lowest BCUT2D eigenvalue weighted by Crippen LogP contribution is -1.97. The quantitative estimate of drug-likeness (QED) is 0.506. The van der Waals surface area contributed by atoms with Gasteiger partial charge in [0.05, 0.1) is 18.2 Å². The first-order valence-corrected chi connectivity index (χ1v) is 8.77. The highest BCUT2D eigenvalue weighted by molar-refractivity contribution is 6.04. The molecule has 1 N–H and O–H groups in total. The van der Waals surface area contributed by atoms with E-state index in [1.54, 1.807) is 55.7 Å². The summed E-state index contributed by atoms with van der Waals surface area (Å²) in [6, 6.07) is 17.1. The molecule has 29 heavy (non-hydrogen) atoms. The van der Waals surface area contributed by atoms with Crippen molar-refractivity contribution in [3.8, 4) is 17.1 Å². The van der Waals surface area contributed by atoms with Crippen LogP contribution in [0.25, 0.3) is 23.2 Å². The van der Waals surface area contributed by atoms with E-state index in [0.29, 0.717) is 28.6 Å². The molecule has 2 heterocycles. The first-order valence-electron chi connectivity index (χ1n) is 8.77. The van der Waals surface area contributed by atoms with Gasteiger partial charge in [0.15, 0.2) is 0 Å². The lowest BCUT2D eigenvalue weighted by molar-refractivity contribution is -0.130.